The summed E-state index contributed by atoms with van der Waals surface area (Å²) in [5, 5.41) is 24.8. The SMILES string of the molecule is c1ccc(-c2nc(-c3ccc4ccccc4c3)nc(-c3ccc(-c4cccc5c4[se]c4c(-c6ccccc6)cccc45)c4ccccc34)n2)cc1.c1ccc(-c2nc(-c3ccccc3)nc(-c3ccc4c(-c5ccccc5)ccc(-c5cccc6c5[se]c5ccccc56)c4c3)n2)cc1.c1ccc2c(c1)ccc1cc(-c3nc(-c4ccc5c(ccc6ccccc65)c4)nc(-c4cccc5c4[se]c4ccccc45)n3)ccc12. The molecule has 0 atom stereocenters. The first-order valence-electron chi connectivity index (χ1n) is 48.6. The summed E-state index contributed by atoms with van der Waals surface area (Å²) in [6, 6.07) is 175. The van der Waals surface area contributed by atoms with Gasteiger partial charge in [-0.25, -0.2) is 0 Å². The number of fused-ring (bicyclic) bond motifs is 18. The van der Waals surface area contributed by atoms with Crippen LogP contribution in [-0.4, -0.2) is 88.4 Å². The van der Waals surface area contributed by atoms with Crippen molar-refractivity contribution in [3.05, 3.63) is 491 Å². The van der Waals surface area contributed by atoms with Gasteiger partial charge in [0.2, 0.25) is 0 Å². The number of hydrogen-bond donors (Lipinski definition) is 0. The number of hydrogen-bond acceptors (Lipinski definition) is 9. The van der Waals surface area contributed by atoms with Crippen molar-refractivity contribution in [2.45, 2.75) is 0 Å². The molecule has 0 aliphatic carbocycles. The first kappa shape index (κ1) is 86.6. The van der Waals surface area contributed by atoms with Gasteiger partial charge in [0.05, 0.1) is 0 Å². The van der Waals surface area contributed by atoms with Gasteiger partial charge in [0, 0.05) is 0 Å². The summed E-state index contributed by atoms with van der Waals surface area (Å²) < 4.78 is 8.52. The van der Waals surface area contributed by atoms with Crippen LogP contribution >= 0.6 is 0 Å². The molecule has 0 spiro atoms. The Bertz CT molecular complexity index is 9980. The van der Waals surface area contributed by atoms with E-state index in [4.69, 9.17) is 44.9 Å². The quantitative estimate of drug-likeness (QED) is 0.0822. The second kappa shape index (κ2) is 37.2. The normalized spacial score (nSPS) is 11.6. The zero-order valence-electron chi connectivity index (χ0n) is 78.0. The van der Waals surface area contributed by atoms with Crippen LogP contribution in [0.5, 0.6) is 0 Å². The molecule has 0 aliphatic heterocycles. The second-order valence-electron chi connectivity index (χ2n) is 36.4. The molecule has 29 aromatic rings. The van der Waals surface area contributed by atoms with Gasteiger partial charge >= 0.3 is 800 Å². The van der Waals surface area contributed by atoms with Gasteiger partial charge in [-0.1, -0.05) is 54.6 Å². The summed E-state index contributed by atoms with van der Waals surface area (Å²) in [4.78, 5) is 45.9. The Balaban J connectivity index is 0.000000108. The number of nitrogens with zero attached hydrogens (tertiary/aromatic N) is 9. The van der Waals surface area contributed by atoms with Gasteiger partial charge in [-0.15, -0.1) is 0 Å². The van der Waals surface area contributed by atoms with Crippen molar-refractivity contribution < 1.29 is 0 Å². The molecule has 0 unspecified atom stereocenters. The second-order valence-corrected chi connectivity index (χ2v) is 43.0. The summed E-state index contributed by atoms with van der Waals surface area (Å²) >= 11 is 0.554. The topological polar surface area (TPSA) is 116 Å². The monoisotopic (exact) mass is 2040 g/mol. The molecule has 23 aromatic carbocycles. The van der Waals surface area contributed by atoms with Crippen molar-refractivity contribution in [2.75, 3.05) is 0 Å². The molecule has 6 heterocycles. The molecular weight excluding hydrogens is 1960 g/mol. The van der Waals surface area contributed by atoms with E-state index in [0.717, 1.165) is 60.8 Å². The van der Waals surface area contributed by atoms with Crippen molar-refractivity contribution in [1.82, 2.24) is 44.9 Å². The van der Waals surface area contributed by atoms with Crippen molar-refractivity contribution in [1.29, 1.82) is 0 Å². The summed E-state index contributed by atoms with van der Waals surface area (Å²) in [7, 11) is 0. The van der Waals surface area contributed by atoms with E-state index < -0.39 is 0 Å². The van der Waals surface area contributed by atoms with Gasteiger partial charge in [-0.05, 0) is 5.39 Å². The average Bonchev–Trinajstić information content (AvgIpc) is 1.75. The Morgan fingerprint density at radius 2 is 0.379 bits per heavy atom. The first-order chi connectivity index (χ1) is 71.8. The fraction of sp³-hybridized carbons (Fsp3) is 0. The molecule has 0 saturated heterocycles. The van der Waals surface area contributed by atoms with Gasteiger partial charge in [-0.3, -0.25) is 0 Å². The Hall–Kier alpha value is -17.5. The number of aromatic nitrogens is 9. The Morgan fingerprint density at radius 1 is 0.110 bits per heavy atom. The van der Waals surface area contributed by atoms with E-state index in [1.165, 1.54) is 167 Å². The molecule has 12 heteroatoms. The predicted molar refractivity (Wildman–Crippen MR) is 609 cm³/mol. The summed E-state index contributed by atoms with van der Waals surface area (Å²) in [6.07, 6.45) is 0. The van der Waals surface area contributed by atoms with Gasteiger partial charge in [0.15, 0.2) is 0 Å². The standard InChI is InChI=1S/C47H29N3Se.C43H25N3Se.C43H27N3Se/c1-3-14-31(15-4-1)35-21-11-23-40-41-24-12-22-39(44(41)51-43(35)40)38-27-28-42(37-20-10-9-19-36(37)38)47-49-45(32-16-5-2-6-17-32)48-46(50-47)34-26-25-30-13-7-8-18-33(30)29-34;1-3-10-32-26(8-1)16-18-28-24-30(20-22-34(28)32)41-44-42(31-21-23-35-29(25-31)19-17-27-9-2-4-11-33(27)35)46-43(45-41)38-14-7-13-37-36-12-5-6-15-39(36)47-40(37)38;1-4-13-28(14-5-1)32-25-26-34(36-20-12-21-37-35-19-10-11-22-39(35)47-40(36)37)38-27-31(23-24-33(32)38)43-45-41(29-15-6-2-7-16-29)44-42(46-43)30-17-8-3-9-18-30/h1-29H;1-25H;1-27H. The van der Waals surface area contributed by atoms with Crippen LogP contribution in [0, 0.1) is 0 Å². The molecule has 0 saturated carbocycles. The Kier molecular flexibility index (Phi) is 22.2. The average molecular weight is 2040 g/mol. The molecule has 0 radical (unpaired) electrons. The predicted octanol–water partition coefficient (Wildman–Crippen LogP) is 33.4. The molecule has 0 aliphatic rings. The number of benzene rings is 23. The molecule has 145 heavy (non-hydrogen) atoms. The van der Waals surface area contributed by atoms with Crippen LogP contribution in [0.3, 0.4) is 0 Å². The minimum atomic E-state index is 0.154. The van der Waals surface area contributed by atoms with E-state index in [2.05, 4.69) is 413 Å². The van der Waals surface area contributed by atoms with E-state index in [9.17, 15) is 0 Å². The summed E-state index contributed by atoms with van der Waals surface area (Å²) in [6.45, 7) is 0. The van der Waals surface area contributed by atoms with Gasteiger partial charge in [0.1, 0.15) is 0 Å². The molecule has 0 fully saturated rings. The van der Waals surface area contributed by atoms with Gasteiger partial charge < -0.3 is 0 Å². The first-order valence-corrected chi connectivity index (χ1v) is 53.7. The van der Waals surface area contributed by atoms with Crippen molar-refractivity contribution in [2.24, 2.45) is 0 Å². The van der Waals surface area contributed by atoms with E-state index in [1.807, 2.05) is 78.9 Å². The summed E-state index contributed by atoms with van der Waals surface area (Å²) in [5.74, 6) is 6.04. The van der Waals surface area contributed by atoms with E-state index in [0.29, 0.717) is 52.4 Å². The third-order valence-electron chi connectivity index (χ3n) is 27.8. The van der Waals surface area contributed by atoms with Crippen molar-refractivity contribution in [3.63, 3.8) is 0 Å². The zero-order chi connectivity index (χ0) is 95.8. The van der Waals surface area contributed by atoms with Crippen LogP contribution in [0.2, 0.25) is 0 Å². The van der Waals surface area contributed by atoms with Crippen molar-refractivity contribution in [3.8, 4) is 147 Å². The van der Waals surface area contributed by atoms with E-state index in [-0.39, 0.29) is 43.5 Å². The molecule has 9 nitrogen and oxygen atoms in total. The third kappa shape index (κ3) is 16.1. The van der Waals surface area contributed by atoms with Crippen LogP contribution in [0.1, 0.15) is 0 Å². The van der Waals surface area contributed by atoms with Gasteiger partial charge in [0.25, 0.3) is 0 Å². The fourth-order valence-electron chi connectivity index (χ4n) is 20.7. The van der Waals surface area contributed by atoms with Crippen LogP contribution < -0.4 is 0 Å². The third-order valence-corrected chi connectivity index (χ3v) is 35.6. The fourth-order valence-corrected chi connectivity index (χ4v) is 28.7. The molecule has 6 aromatic heterocycles. The molecule has 0 N–H and O–H groups in total. The molecule has 29 rings (SSSR count). The van der Waals surface area contributed by atoms with Crippen LogP contribution in [0.15, 0.2) is 491 Å². The van der Waals surface area contributed by atoms with Gasteiger partial charge in [-0.2, -0.15) is 0 Å². The molecule has 0 bridgehead atoms. The Morgan fingerprint density at radius 3 is 0.862 bits per heavy atom. The molecular formula is C133H81N9Se3. The van der Waals surface area contributed by atoms with Crippen molar-refractivity contribution >= 4 is 177 Å². The van der Waals surface area contributed by atoms with Crippen LogP contribution in [-0.2, 0) is 0 Å². The molecule has 0 amide bonds. The maximum atomic E-state index is 5.20. The maximum absolute atomic E-state index is 5.20. The minimum absolute atomic E-state index is 0.154. The van der Waals surface area contributed by atoms with E-state index >= 15 is 0 Å². The summed E-state index contributed by atoms with van der Waals surface area (Å²) in [5.41, 5.74) is 18.9. The molecule has 676 valence electrons. The van der Waals surface area contributed by atoms with E-state index in [1.54, 1.807) is 0 Å². The zero-order valence-corrected chi connectivity index (χ0v) is 83.2. The Labute approximate surface area is 852 Å². The van der Waals surface area contributed by atoms with Crippen LogP contribution in [0.4, 0.5) is 0 Å². The van der Waals surface area contributed by atoms with Crippen LogP contribution in [0.25, 0.3) is 280 Å². The number of rotatable bonds is 13.